The number of rotatable bonds is 7. The molecule has 158 valence electrons. The van der Waals surface area contributed by atoms with Gasteiger partial charge in [0.15, 0.2) is 0 Å². The highest BCUT2D eigenvalue weighted by atomic mass is 32.2. The first kappa shape index (κ1) is 22.7. The number of ether oxygens (including phenoxy) is 1. The van der Waals surface area contributed by atoms with Crippen molar-refractivity contribution in [1.82, 2.24) is 5.32 Å². The molecule has 0 aliphatic carbocycles. The normalized spacial score (nSPS) is 13.5. The van der Waals surface area contributed by atoms with E-state index in [4.69, 9.17) is 4.74 Å². The maximum absolute atomic E-state index is 13.0. The Labute approximate surface area is 173 Å². The van der Waals surface area contributed by atoms with E-state index in [1.165, 1.54) is 7.11 Å². The Morgan fingerprint density at radius 1 is 1.03 bits per heavy atom. The van der Waals surface area contributed by atoms with Crippen molar-refractivity contribution in [3.05, 3.63) is 58.7 Å². The van der Waals surface area contributed by atoms with Gasteiger partial charge >= 0.3 is 0 Å². The van der Waals surface area contributed by atoms with Gasteiger partial charge in [-0.3, -0.25) is 9.10 Å². The Morgan fingerprint density at radius 3 is 2.21 bits per heavy atom. The van der Waals surface area contributed by atoms with Gasteiger partial charge in [0, 0.05) is 0 Å². The third-order valence-corrected chi connectivity index (χ3v) is 6.15. The fourth-order valence-electron chi connectivity index (χ4n) is 3.39. The van der Waals surface area contributed by atoms with Gasteiger partial charge in [0.1, 0.15) is 11.8 Å². The molecule has 0 aliphatic rings. The molecule has 6 nitrogen and oxygen atoms in total. The first-order valence-corrected chi connectivity index (χ1v) is 11.3. The molecule has 0 aromatic heterocycles. The summed E-state index contributed by atoms with van der Waals surface area (Å²) in [4.78, 5) is 13.0. The van der Waals surface area contributed by atoms with Gasteiger partial charge < -0.3 is 10.1 Å². The molecular formula is C22H30N2O4S. The highest BCUT2D eigenvalue weighted by molar-refractivity contribution is 7.92. The zero-order valence-electron chi connectivity index (χ0n) is 18.1. The van der Waals surface area contributed by atoms with Crippen LogP contribution in [0, 0.1) is 20.8 Å². The summed E-state index contributed by atoms with van der Waals surface area (Å²) in [6.45, 7) is 9.31. The van der Waals surface area contributed by atoms with Gasteiger partial charge in [-0.25, -0.2) is 8.42 Å². The lowest BCUT2D eigenvalue weighted by Gasteiger charge is -2.30. The number of nitrogens with zero attached hydrogens (tertiary/aromatic N) is 1. The van der Waals surface area contributed by atoms with E-state index >= 15 is 0 Å². The molecule has 0 saturated heterocycles. The number of aryl methyl sites for hydroxylation is 3. The number of carbonyl (C=O) groups is 1. The average molecular weight is 419 g/mol. The third-order valence-electron chi connectivity index (χ3n) is 4.92. The molecule has 0 aliphatic heterocycles. The number of hydrogen-bond donors (Lipinski definition) is 1. The van der Waals surface area contributed by atoms with Crippen LogP contribution in [-0.2, 0) is 14.8 Å². The lowest BCUT2D eigenvalue weighted by Crippen LogP contribution is -2.48. The Kier molecular flexibility index (Phi) is 6.95. The Balaban J connectivity index is 2.37. The molecule has 0 bridgehead atoms. The van der Waals surface area contributed by atoms with E-state index in [9.17, 15) is 13.2 Å². The van der Waals surface area contributed by atoms with Crippen LogP contribution in [0.5, 0.6) is 5.75 Å². The molecule has 1 N–H and O–H groups in total. The van der Waals surface area contributed by atoms with Gasteiger partial charge in [-0.05, 0) is 63.4 Å². The molecule has 2 rings (SSSR count). The van der Waals surface area contributed by atoms with Gasteiger partial charge in [0.25, 0.3) is 0 Å². The van der Waals surface area contributed by atoms with E-state index in [1.807, 2.05) is 52.0 Å². The van der Waals surface area contributed by atoms with Crippen LogP contribution in [0.3, 0.4) is 0 Å². The molecule has 2 aromatic rings. The molecule has 29 heavy (non-hydrogen) atoms. The molecule has 0 saturated carbocycles. The maximum Gasteiger partial charge on any atom is 0.244 e. The molecule has 7 heteroatoms. The number of methoxy groups -OCH3 is 1. The van der Waals surface area contributed by atoms with Crippen molar-refractivity contribution >= 4 is 21.6 Å². The molecule has 0 fully saturated rings. The van der Waals surface area contributed by atoms with E-state index in [0.717, 1.165) is 32.8 Å². The monoisotopic (exact) mass is 418 g/mol. The number of amides is 1. The highest BCUT2D eigenvalue weighted by Gasteiger charge is 2.32. The number of anilines is 1. The van der Waals surface area contributed by atoms with Crippen molar-refractivity contribution in [2.45, 2.75) is 46.7 Å². The summed E-state index contributed by atoms with van der Waals surface area (Å²) in [5.41, 5.74) is 4.38. The van der Waals surface area contributed by atoms with Crippen molar-refractivity contribution in [1.29, 1.82) is 0 Å². The van der Waals surface area contributed by atoms with E-state index in [2.05, 4.69) is 5.32 Å². The fourth-order valence-corrected chi connectivity index (χ4v) is 4.56. The molecular weight excluding hydrogens is 388 g/mol. The lowest BCUT2D eigenvalue weighted by atomic mass is 10.00. The summed E-state index contributed by atoms with van der Waals surface area (Å²) in [7, 11) is -2.26. The van der Waals surface area contributed by atoms with Gasteiger partial charge in [-0.1, -0.05) is 29.8 Å². The van der Waals surface area contributed by atoms with Crippen LogP contribution in [0.4, 0.5) is 5.69 Å². The van der Waals surface area contributed by atoms with Gasteiger partial charge in [-0.2, -0.15) is 0 Å². The predicted octanol–water partition coefficient (Wildman–Crippen LogP) is 3.65. The van der Waals surface area contributed by atoms with Crippen LogP contribution in [0.25, 0.3) is 0 Å². The second-order valence-electron chi connectivity index (χ2n) is 7.50. The smallest absolute Gasteiger partial charge is 0.244 e. The van der Waals surface area contributed by atoms with Crippen molar-refractivity contribution < 1.29 is 17.9 Å². The SMILES string of the molecule is COc1ccc(C)cc1N([C@@H](C)C(=O)N[C@@H](C)c1cc(C)ccc1C)S(C)(=O)=O. The minimum atomic E-state index is -3.73. The topological polar surface area (TPSA) is 75.7 Å². The van der Waals surface area contributed by atoms with Crippen LogP contribution in [0.1, 0.15) is 42.1 Å². The second-order valence-corrected chi connectivity index (χ2v) is 9.36. The Bertz CT molecular complexity index is 1000. The zero-order chi connectivity index (χ0) is 21.9. The first-order valence-electron chi connectivity index (χ1n) is 9.47. The van der Waals surface area contributed by atoms with Crippen molar-refractivity contribution in [3.8, 4) is 5.75 Å². The Morgan fingerprint density at radius 2 is 1.62 bits per heavy atom. The molecule has 0 spiro atoms. The number of nitrogens with one attached hydrogen (secondary N) is 1. The van der Waals surface area contributed by atoms with Crippen molar-refractivity contribution in [3.63, 3.8) is 0 Å². The van der Waals surface area contributed by atoms with Crippen molar-refractivity contribution in [2.75, 3.05) is 17.7 Å². The standard InChI is InChI=1S/C22H30N2O4S/c1-14-8-10-16(3)19(12-14)17(4)23-22(25)18(5)24(29(7,26)27)20-13-15(2)9-11-21(20)28-6/h8-13,17-18H,1-7H3,(H,23,25)/t17-,18-/m0/s1. The minimum absolute atomic E-state index is 0.259. The molecule has 2 atom stereocenters. The van der Waals surface area contributed by atoms with Crippen LogP contribution in [0.2, 0.25) is 0 Å². The summed E-state index contributed by atoms with van der Waals surface area (Å²) < 4.78 is 31.7. The number of hydrogen-bond acceptors (Lipinski definition) is 4. The zero-order valence-corrected chi connectivity index (χ0v) is 18.9. The van der Waals surface area contributed by atoms with E-state index < -0.39 is 16.1 Å². The summed E-state index contributed by atoms with van der Waals surface area (Å²) in [5.74, 6) is 0.00985. The summed E-state index contributed by atoms with van der Waals surface area (Å²) in [6, 6.07) is 10.1. The third kappa shape index (κ3) is 5.29. The van der Waals surface area contributed by atoms with E-state index in [-0.39, 0.29) is 11.9 Å². The predicted molar refractivity (Wildman–Crippen MR) is 117 cm³/mol. The maximum atomic E-state index is 13.0. The summed E-state index contributed by atoms with van der Waals surface area (Å²) in [5, 5.41) is 2.95. The minimum Gasteiger partial charge on any atom is -0.495 e. The summed E-state index contributed by atoms with van der Waals surface area (Å²) >= 11 is 0. The molecule has 1 amide bonds. The molecule has 0 radical (unpaired) electrons. The Hall–Kier alpha value is -2.54. The molecule has 2 aromatic carbocycles. The fraction of sp³-hybridized carbons (Fsp3) is 0.409. The summed E-state index contributed by atoms with van der Waals surface area (Å²) in [6.07, 6.45) is 1.09. The first-order chi connectivity index (χ1) is 13.5. The van der Waals surface area contributed by atoms with Gasteiger partial charge in [-0.15, -0.1) is 0 Å². The van der Waals surface area contributed by atoms with Gasteiger partial charge in [0.2, 0.25) is 15.9 Å². The van der Waals surface area contributed by atoms with Crippen LogP contribution in [0.15, 0.2) is 36.4 Å². The van der Waals surface area contributed by atoms with E-state index in [1.54, 1.807) is 19.1 Å². The highest BCUT2D eigenvalue weighted by Crippen LogP contribution is 2.33. The lowest BCUT2D eigenvalue weighted by molar-refractivity contribution is -0.122. The number of sulfonamides is 1. The quantitative estimate of drug-likeness (QED) is 0.745. The van der Waals surface area contributed by atoms with E-state index in [0.29, 0.717) is 11.4 Å². The molecule has 0 unspecified atom stereocenters. The van der Waals surface area contributed by atoms with Crippen LogP contribution in [-0.4, -0.2) is 33.7 Å². The van der Waals surface area contributed by atoms with Crippen LogP contribution >= 0.6 is 0 Å². The largest absolute Gasteiger partial charge is 0.495 e. The van der Waals surface area contributed by atoms with Crippen LogP contribution < -0.4 is 14.4 Å². The number of benzene rings is 2. The van der Waals surface area contributed by atoms with Gasteiger partial charge in [0.05, 0.1) is 25.1 Å². The number of carbonyl (C=O) groups excluding carboxylic acids is 1. The second kappa shape index (κ2) is 8.86. The molecule has 0 heterocycles. The average Bonchev–Trinajstić information content (AvgIpc) is 2.62. The van der Waals surface area contributed by atoms with Crippen molar-refractivity contribution in [2.24, 2.45) is 0 Å².